The van der Waals surface area contributed by atoms with Gasteiger partial charge < -0.3 is 19.9 Å². The number of ether oxygens (including phenoxy) is 2. The molecule has 2 unspecified atom stereocenters. The molecule has 1 saturated carbocycles. The fourth-order valence-corrected chi connectivity index (χ4v) is 2.50. The molecule has 2 atom stereocenters. The zero-order valence-electron chi connectivity index (χ0n) is 12.7. The van der Waals surface area contributed by atoms with Crippen LogP contribution in [0, 0.1) is 5.92 Å². The maximum absolute atomic E-state index is 9.85. The van der Waals surface area contributed by atoms with Gasteiger partial charge in [-0.2, -0.15) is 0 Å². The highest BCUT2D eigenvalue weighted by atomic mass is 16.5. The summed E-state index contributed by atoms with van der Waals surface area (Å²) in [7, 11) is 0. The van der Waals surface area contributed by atoms with Gasteiger partial charge in [-0.1, -0.05) is 6.92 Å². The van der Waals surface area contributed by atoms with Crippen LogP contribution in [-0.4, -0.2) is 49.7 Å². The molecule has 0 spiro atoms. The van der Waals surface area contributed by atoms with Gasteiger partial charge in [-0.3, -0.25) is 0 Å². The molecule has 0 aliphatic heterocycles. The first kappa shape index (κ1) is 16.9. The minimum absolute atomic E-state index is 0.193. The average Bonchev–Trinajstić information content (AvgIpc) is 2.38. The fraction of sp³-hybridized carbons (Fsp3) is 1.00. The van der Waals surface area contributed by atoms with E-state index in [1.165, 1.54) is 12.8 Å². The molecule has 0 bridgehead atoms. The van der Waals surface area contributed by atoms with Gasteiger partial charge >= 0.3 is 0 Å². The Balaban J connectivity index is 2.00. The Morgan fingerprint density at radius 3 is 2.53 bits per heavy atom. The molecule has 1 rings (SSSR count). The normalized spacial score (nSPS) is 27.2. The lowest BCUT2D eigenvalue weighted by atomic mass is 9.89. The standard InChI is InChI=1S/C15H31NO3/c1-4-18-13(3)9-16-10-14(17)11-19-15-7-5-12(2)6-8-15/h12-17H,4-11H2,1-3H3. The zero-order chi connectivity index (χ0) is 14.1. The lowest BCUT2D eigenvalue weighted by molar-refractivity contribution is -0.0287. The Kier molecular flexibility index (Phi) is 8.62. The van der Waals surface area contributed by atoms with Crippen LogP contribution in [0.1, 0.15) is 46.5 Å². The van der Waals surface area contributed by atoms with E-state index in [0.717, 1.165) is 31.9 Å². The van der Waals surface area contributed by atoms with E-state index in [9.17, 15) is 5.11 Å². The van der Waals surface area contributed by atoms with E-state index in [2.05, 4.69) is 12.2 Å². The molecule has 1 fully saturated rings. The van der Waals surface area contributed by atoms with Crippen molar-refractivity contribution in [3.8, 4) is 0 Å². The number of hydrogen-bond acceptors (Lipinski definition) is 4. The average molecular weight is 273 g/mol. The van der Waals surface area contributed by atoms with Crippen LogP contribution >= 0.6 is 0 Å². The summed E-state index contributed by atoms with van der Waals surface area (Å²) in [6.45, 7) is 8.83. The predicted octanol–water partition coefficient (Wildman–Crippen LogP) is 1.96. The van der Waals surface area contributed by atoms with Crippen molar-refractivity contribution in [1.82, 2.24) is 5.32 Å². The van der Waals surface area contributed by atoms with E-state index in [1.54, 1.807) is 0 Å². The molecular weight excluding hydrogens is 242 g/mol. The molecular formula is C15H31NO3. The van der Waals surface area contributed by atoms with Crippen molar-refractivity contribution >= 4 is 0 Å². The van der Waals surface area contributed by atoms with Crippen LogP contribution < -0.4 is 5.32 Å². The molecule has 0 radical (unpaired) electrons. The van der Waals surface area contributed by atoms with E-state index < -0.39 is 6.10 Å². The summed E-state index contributed by atoms with van der Waals surface area (Å²) >= 11 is 0. The van der Waals surface area contributed by atoms with Gasteiger partial charge in [0, 0.05) is 19.7 Å². The molecule has 0 aromatic rings. The molecule has 0 heterocycles. The van der Waals surface area contributed by atoms with Crippen LogP contribution in [0.3, 0.4) is 0 Å². The van der Waals surface area contributed by atoms with Crippen molar-refractivity contribution in [2.24, 2.45) is 5.92 Å². The molecule has 2 N–H and O–H groups in total. The van der Waals surface area contributed by atoms with Crippen LogP contribution in [-0.2, 0) is 9.47 Å². The minimum Gasteiger partial charge on any atom is -0.389 e. The molecule has 0 aromatic carbocycles. The first-order chi connectivity index (χ1) is 9.11. The van der Waals surface area contributed by atoms with Crippen molar-refractivity contribution in [3.63, 3.8) is 0 Å². The second-order valence-electron chi connectivity index (χ2n) is 5.79. The monoisotopic (exact) mass is 273 g/mol. The van der Waals surface area contributed by atoms with Crippen LogP contribution in [0.5, 0.6) is 0 Å². The Hall–Kier alpha value is -0.160. The van der Waals surface area contributed by atoms with E-state index >= 15 is 0 Å². The lowest BCUT2D eigenvalue weighted by Crippen LogP contribution is -2.36. The van der Waals surface area contributed by atoms with Crippen LogP contribution in [0.15, 0.2) is 0 Å². The molecule has 1 aliphatic rings. The van der Waals surface area contributed by atoms with Gasteiger partial charge in [-0.25, -0.2) is 0 Å². The molecule has 4 nitrogen and oxygen atoms in total. The smallest absolute Gasteiger partial charge is 0.0897 e. The summed E-state index contributed by atoms with van der Waals surface area (Å²) in [5, 5.41) is 13.1. The maximum Gasteiger partial charge on any atom is 0.0897 e. The zero-order valence-corrected chi connectivity index (χ0v) is 12.7. The molecule has 0 aromatic heterocycles. The SMILES string of the molecule is CCOC(C)CNCC(O)COC1CCC(C)CC1. The third-order valence-electron chi connectivity index (χ3n) is 3.75. The molecule has 1 aliphatic carbocycles. The van der Waals surface area contributed by atoms with Crippen molar-refractivity contribution < 1.29 is 14.6 Å². The quantitative estimate of drug-likeness (QED) is 0.674. The van der Waals surface area contributed by atoms with Gasteiger partial charge in [0.2, 0.25) is 0 Å². The third kappa shape index (κ3) is 7.88. The molecule has 114 valence electrons. The van der Waals surface area contributed by atoms with E-state index in [4.69, 9.17) is 9.47 Å². The van der Waals surface area contributed by atoms with Crippen molar-refractivity contribution in [3.05, 3.63) is 0 Å². The summed E-state index contributed by atoms with van der Waals surface area (Å²) in [5.74, 6) is 0.839. The van der Waals surface area contributed by atoms with Gasteiger partial charge in [0.15, 0.2) is 0 Å². The summed E-state index contributed by atoms with van der Waals surface area (Å²) in [6.07, 6.45) is 4.92. The van der Waals surface area contributed by atoms with Gasteiger partial charge in [-0.05, 0) is 45.4 Å². The van der Waals surface area contributed by atoms with E-state index in [1.807, 2.05) is 13.8 Å². The predicted molar refractivity (Wildman–Crippen MR) is 77.3 cm³/mol. The summed E-state index contributed by atoms with van der Waals surface area (Å²) in [4.78, 5) is 0. The molecule has 4 heteroatoms. The third-order valence-corrected chi connectivity index (χ3v) is 3.75. The van der Waals surface area contributed by atoms with E-state index in [0.29, 0.717) is 19.3 Å². The van der Waals surface area contributed by atoms with Crippen molar-refractivity contribution in [2.75, 3.05) is 26.3 Å². The molecule has 0 amide bonds. The second-order valence-corrected chi connectivity index (χ2v) is 5.79. The Bertz CT molecular complexity index is 217. The Morgan fingerprint density at radius 2 is 1.89 bits per heavy atom. The number of rotatable bonds is 9. The highest BCUT2D eigenvalue weighted by Gasteiger charge is 2.19. The number of aliphatic hydroxyl groups is 1. The fourth-order valence-electron chi connectivity index (χ4n) is 2.50. The first-order valence-electron chi connectivity index (χ1n) is 7.73. The minimum atomic E-state index is -0.423. The number of aliphatic hydroxyl groups excluding tert-OH is 1. The van der Waals surface area contributed by atoms with Crippen LogP contribution in [0.4, 0.5) is 0 Å². The summed E-state index contributed by atoms with van der Waals surface area (Å²) < 4.78 is 11.2. The maximum atomic E-state index is 9.85. The van der Waals surface area contributed by atoms with Crippen LogP contribution in [0.25, 0.3) is 0 Å². The van der Waals surface area contributed by atoms with Crippen molar-refractivity contribution in [1.29, 1.82) is 0 Å². The highest BCUT2D eigenvalue weighted by molar-refractivity contribution is 4.71. The number of hydrogen-bond donors (Lipinski definition) is 2. The second kappa shape index (κ2) is 9.70. The van der Waals surface area contributed by atoms with Gasteiger partial charge in [0.25, 0.3) is 0 Å². The first-order valence-corrected chi connectivity index (χ1v) is 7.73. The number of nitrogens with one attached hydrogen (secondary N) is 1. The lowest BCUT2D eigenvalue weighted by Gasteiger charge is -2.27. The van der Waals surface area contributed by atoms with Gasteiger partial charge in [0.1, 0.15) is 0 Å². The van der Waals surface area contributed by atoms with Gasteiger partial charge in [-0.15, -0.1) is 0 Å². The van der Waals surface area contributed by atoms with E-state index in [-0.39, 0.29) is 6.10 Å². The Labute approximate surface area is 117 Å². The molecule has 19 heavy (non-hydrogen) atoms. The summed E-state index contributed by atoms with van der Waals surface area (Å²) in [6, 6.07) is 0. The highest BCUT2D eigenvalue weighted by Crippen LogP contribution is 2.25. The summed E-state index contributed by atoms with van der Waals surface area (Å²) in [5.41, 5.74) is 0. The topological polar surface area (TPSA) is 50.7 Å². The molecule has 0 saturated heterocycles. The largest absolute Gasteiger partial charge is 0.389 e. The van der Waals surface area contributed by atoms with Crippen molar-refractivity contribution in [2.45, 2.75) is 64.8 Å². The Morgan fingerprint density at radius 1 is 1.21 bits per heavy atom. The van der Waals surface area contributed by atoms with Gasteiger partial charge in [0.05, 0.1) is 24.9 Å². The van der Waals surface area contributed by atoms with Crippen LogP contribution in [0.2, 0.25) is 0 Å².